The van der Waals surface area contributed by atoms with Crippen LogP contribution in [0.1, 0.15) is 12.8 Å². The Morgan fingerprint density at radius 3 is 1.63 bits per heavy atom. The van der Waals surface area contributed by atoms with Crippen LogP contribution in [0.15, 0.2) is 5.16 Å². The molecule has 1 aliphatic heterocycles. The van der Waals surface area contributed by atoms with Gasteiger partial charge in [-0.05, 0) is 0 Å². The predicted molar refractivity (Wildman–Crippen MR) is 56.9 cm³/mol. The quantitative estimate of drug-likeness (QED) is 0.282. The van der Waals surface area contributed by atoms with Crippen LogP contribution in [0.5, 0.6) is 0 Å². The van der Waals surface area contributed by atoms with Gasteiger partial charge in [0, 0.05) is 25.9 Å². The average molecular weight is 280 g/mol. The molecule has 1 saturated heterocycles. The molecule has 0 unspecified atom stereocenters. The normalized spacial score (nSPS) is 15.8. The van der Waals surface area contributed by atoms with Crippen LogP contribution in [0.4, 0.5) is 27.6 Å². The maximum Gasteiger partial charge on any atom is 0.200 e. The standard InChI is InChI=1S/C11H9F5N2O/c12-6-7(13)9(15)11(10(16)8(6)14)18-3-1-5(17-19)2-4-18/h19H,1-4H2. The number of anilines is 1. The van der Waals surface area contributed by atoms with Crippen LogP contribution < -0.4 is 4.90 Å². The molecule has 0 radical (unpaired) electrons. The van der Waals surface area contributed by atoms with Crippen molar-refractivity contribution in [2.45, 2.75) is 12.8 Å². The maximum atomic E-state index is 13.5. The molecule has 0 atom stereocenters. The highest BCUT2D eigenvalue weighted by Crippen LogP contribution is 2.31. The molecule has 0 spiro atoms. The molecule has 0 amide bonds. The molecule has 104 valence electrons. The van der Waals surface area contributed by atoms with Crippen LogP contribution in [0.25, 0.3) is 0 Å². The third kappa shape index (κ3) is 2.22. The lowest BCUT2D eigenvalue weighted by atomic mass is 10.1. The SMILES string of the molecule is ON=C1CCN(c2c(F)c(F)c(F)c(F)c2F)CC1. The van der Waals surface area contributed by atoms with E-state index in [2.05, 4.69) is 5.16 Å². The third-order valence-electron chi connectivity index (χ3n) is 2.98. The van der Waals surface area contributed by atoms with Crippen molar-refractivity contribution in [3.8, 4) is 0 Å². The number of piperidine rings is 1. The van der Waals surface area contributed by atoms with Gasteiger partial charge in [0.1, 0.15) is 5.69 Å². The smallest absolute Gasteiger partial charge is 0.200 e. The Morgan fingerprint density at radius 1 is 0.789 bits per heavy atom. The number of nitrogens with zero attached hydrogens (tertiary/aromatic N) is 2. The molecule has 0 bridgehead atoms. The Bertz CT molecular complexity index is 507. The fourth-order valence-electron chi connectivity index (χ4n) is 1.96. The molecular formula is C11H9F5N2O. The van der Waals surface area contributed by atoms with Crippen LogP contribution in [-0.4, -0.2) is 24.0 Å². The lowest BCUT2D eigenvalue weighted by molar-refractivity contribution is 0.315. The predicted octanol–water partition coefficient (Wildman–Crippen LogP) is 2.81. The van der Waals surface area contributed by atoms with Gasteiger partial charge in [-0.3, -0.25) is 0 Å². The van der Waals surface area contributed by atoms with Crippen LogP contribution in [-0.2, 0) is 0 Å². The molecule has 1 aliphatic rings. The summed E-state index contributed by atoms with van der Waals surface area (Å²) in [5.41, 5.74) is -0.520. The van der Waals surface area contributed by atoms with E-state index in [9.17, 15) is 22.0 Å². The molecule has 1 aromatic carbocycles. The summed E-state index contributed by atoms with van der Waals surface area (Å²) >= 11 is 0. The Hall–Kier alpha value is -1.86. The monoisotopic (exact) mass is 280 g/mol. The summed E-state index contributed by atoms with van der Waals surface area (Å²) in [6, 6.07) is 0. The first-order valence-electron chi connectivity index (χ1n) is 5.43. The van der Waals surface area contributed by atoms with Crippen LogP contribution in [0.2, 0.25) is 0 Å². The first-order chi connectivity index (χ1) is 8.97. The summed E-state index contributed by atoms with van der Waals surface area (Å²) < 4.78 is 66.0. The highest BCUT2D eigenvalue weighted by atomic mass is 19.2. The minimum absolute atomic E-state index is 0.0117. The number of halogens is 5. The van der Waals surface area contributed by atoms with Gasteiger partial charge in [-0.15, -0.1) is 0 Å². The van der Waals surface area contributed by atoms with Crippen LogP contribution in [0.3, 0.4) is 0 Å². The van der Waals surface area contributed by atoms with E-state index >= 15 is 0 Å². The second-order valence-corrected chi connectivity index (χ2v) is 4.07. The van der Waals surface area contributed by atoms with Gasteiger partial charge in [-0.1, -0.05) is 5.16 Å². The van der Waals surface area contributed by atoms with E-state index in [0.29, 0.717) is 5.71 Å². The number of hydrogen-bond acceptors (Lipinski definition) is 3. The zero-order valence-electron chi connectivity index (χ0n) is 9.56. The zero-order chi connectivity index (χ0) is 14.2. The van der Waals surface area contributed by atoms with Crippen molar-refractivity contribution in [3.05, 3.63) is 29.1 Å². The highest BCUT2D eigenvalue weighted by Gasteiger charge is 2.30. The Balaban J connectivity index is 2.41. The summed E-state index contributed by atoms with van der Waals surface area (Å²) in [5.74, 6) is -9.79. The van der Waals surface area contributed by atoms with Gasteiger partial charge in [0.2, 0.25) is 5.82 Å². The second-order valence-electron chi connectivity index (χ2n) is 4.07. The van der Waals surface area contributed by atoms with Gasteiger partial charge in [0.05, 0.1) is 5.71 Å². The topological polar surface area (TPSA) is 35.8 Å². The summed E-state index contributed by atoms with van der Waals surface area (Å²) in [5, 5.41) is 11.5. The maximum absolute atomic E-state index is 13.5. The summed E-state index contributed by atoms with van der Waals surface area (Å²) in [6.45, 7) is 0.0233. The fourth-order valence-corrected chi connectivity index (χ4v) is 1.96. The summed E-state index contributed by atoms with van der Waals surface area (Å²) in [4.78, 5) is 1.05. The average Bonchev–Trinajstić information content (AvgIpc) is 2.44. The molecule has 1 fully saturated rings. The van der Waals surface area contributed by atoms with Crippen molar-refractivity contribution >= 4 is 11.4 Å². The molecule has 1 N–H and O–H groups in total. The van der Waals surface area contributed by atoms with Gasteiger partial charge in [0.25, 0.3) is 0 Å². The van der Waals surface area contributed by atoms with E-state index in [1.54, 1.807) is 0 Å². The summed E-state index contributed by atoms with van der Waals surface area (Å²) in [7, 11) is 0. The largest absolute Gasteiger partial charge is 0.411 e. The number of oxime groups is 1. The number of hydrogen-bond donors (Lipinski definition) is 1. The molecule has 1 heterocycles. The molecule has 0 aliphatic carbocycles. The third-order valence-corrected chi connectivity index (χ3v) is 2.98. The number of benzene rings is 1. The number of rotatable bonds is 1. The van der Waals surface area contributed by atoms with Crippen molar-refractivity contribution in [1.82, 2.24) is 0 Å². The van der Waals surface area contributed by atoms with Crippen molar-refractivity contribution in [1.29, 1.82) is 0 Å². The van der Waals surface area contributed by atoms with Crippen molar-refractivity contribution < 1.29 is 27.2 Å². The summed E-state index contributed by atoms with van der Waals surface area (Å²) in [6.07, 6.45) is 0.381. The lowest BCUT2D eigenvalue weighted by Gasteiger charge is -2.29. The van der Waals surface area contributed by atoms with Gasteiger partial charge in [-0.2, -0.15) is 0 Å². The van der Waals surface area contributed by atoms with Crippen LogP contribution in [0, 0.1) is 29.1 Å². The molecule has 2 rings (SSSR count). The van der Waals surface area contributed by atoms with Crippen molar-refractivity contribution in [2.75, 3.05) is 18.0 Å². The molecule has 0 saturated carbocycles. The van der Waals surface area contributed by atoms with Gasteiger partial charge >= 0.3 is 0 Å². The highest BCUT2D eigenvalue weighted by molar-refractivity contribution is 5.86. The Morgan fingerprint density at radius 2 is 1.21 bits per heavy atom. The van der Waals surface area contributed by atoms with Gasteiger partial charge < -0.3 is 10.1 Å². The molecule has 19 heavy (non-hydrogen) atoms. The van der Waals surface area contributed by atoms with E-state index in [-0.39, 0.29) is 25.9 Å². The van der Waals surface area contributed by atoms with Gasteiger partial charge in [-0.25, -0.2) is 22.0 Å². The van der Waals surface area contributed by atoms with Crippen LogP contribution >= 0.6 is 0 Å². The molecule has 1 aromatic rings. The minimum Gasteiger partial charge on any atom is -0.411 e. The first kappa shape index (κ1) is 13.6. The fraction of sp³-hybridized carbons (Fsp3) is 0.364. The minimum atomic E-state index is -2.17. The van der Waals surface area contributed by atoms with Crippen molar-refractivity contribution in [2.24, 2.45) is 5.16 Å². The molecule has 3 nitrogen and oxygen atoms in total. The lowest BCUT2D eigenvalue weighted by Crippen LogP contribution is -2.35. The van der Waals surface area contributed by atoms with E-state index in [1.807, 2.05) is 0 Å². The van der Waals surface area contributed by atoms with E-state index in [1.165, 1.54) is 0 Å². The molecular weight excluding hydrogens is 271 g/mol. The van der Waals surface area contributed by atoms with Crippen molar-refractivity contribution in [3.63, 3.8) is 0 Å². The Labute approximate surface area is 104 Å². The molecule has 0 aromatic heterocycles. The first-order valence-corrected chi connectivity index (χ1v) is 5.43. The second kappa shape index (κ2) is 5.02. The Kier molecular flexibility index (Phi) is 3.59. The zero-order valence-corrected chi connectivity index (χ0v) is 9.56. The van der Waals surface area contributed by atoms with E-state index in [4.69, 9.17) is 5.21 Å². The molecule has 8 heteroatoms. The van der Waals surface area contributed by atoms with E-state index in [0.717, 1.165) is 4.90 Å². The van der Waals surface area contributed by atoms with E-state index < -0.39 is 34.8 Å². The van der Waals surface area contributed by atoms with Gasteiger partial charge in [0.15, 0.2) is 23.3 Å².